The van der Waals surface area contributed by atoms with Gasteiger partial charge in [0, 0.05) is 29.4 Å². The average molecular weight is 230 g/mol. The van der Waals surface area contributed by atoms with Gasteiger partial charge in [-0.2, -0.15) is 5.26 Å². The number of nitriles is 1. The lowest BCUT2D eigenvalue weighted by molar-refractivity contribution is -0.124. The first-order chi connectivity index (χ1) is 6.99. The Labute approximate surface area is 93.5 Å². The van der Waals surface area contributed by atoms with Crippen LogP contribution in [0.25, 0.3) is 0 Å². The fourth-order valence-corrected chi connectivity index (χ4v) is 1.66. The lowest BCUT2D eigenvalue weighted by Crippen LogP contribution is -2.33. The molecule has 0 aliphatic heterocycles. The second kappa shape index (κ2) is 7.41. The van der Waals surface area contributed by atoms with Crippen LogP contribution in [-0.4, -0.2) is 28.7 Å². The number of hydrogen-bond donors (Lipinski definition) is 1. The third kappa shape index (κ3) is 6.24. The molecule has 0 radical (unpaired) electrons. The average Bonchev–Trinajstić information content (AvgIpc) is 2.12. The summed E-state index contributed by atoms with van der Waals surface area (Å²) in [5, 5.41) is 11.4. The van der Waals surface area contributed by atoms with Gasteiger partial charge in [-0.05, 0) is 12.3 Å². The molecule has 0 saturated carbocycles. The molecule has 2 atom stereocenters. The van der Waals surface area contributed by atoms with E-state index in [1.54, 1.807) is 6.26 Å². The molecule has 0 saturated heterocycles. The Bertz CT molecular complexity index is 271. The van der Waals surface area contributed by atoms with Crippen LogP contribution < -0.4 is 5.32 Å². The number of carbonyl (C=O) groups excluding carboxylic acids is 1. The zero-order chi connectivity index (χ0) is 11.8. The van der Waals surface area contributed by atoms with Gasteiger partial charge in [0.25, 0.3) is 0 Å². The Morgan fingerprint density at radius 2 is 2.13 bits per heavy atom. The third-order valence-electron chi connectivity index (χ3n) is 2.00. The minimum absolute atomic E-state index is 0.0234. The van der Waals surface area contributed by atoms with E-state index in [9.17, 15) is 9.00 Å². The lowest BCUT2D eigenvalue weighted by atomic mass is 9.97. The molecule has 15 heavy (non-hydrogen) atoms. The predicted octanol–water partition coefficient (Wildman–Crippen LogP) is 0.667. The van der Waals surface area contributed by atoms with Crippen molar-refractivity contribution in [3.05, 3.63) is 0 Å². The van der Waals surface area contributed by atoms with Crippen molar-refractivity contribution in [3.63, 3.8) is 0 Å². The van der Waals surface area contributed by atoms with Gasteiger partial charge in [-0.1, -0.05) is 13.8 Å². The molecule has 0 aliphatic rings. The van der Waals surface area contributed by atoms with Gasteiger partial charge in [0.1, 0.15) is 5.92 Å². The first kappa shape index (κ1) is 14.1. The van der Waals surface area contributed by atoms with Crippen molar-refractivity contribution in [2.75, 3.05) is 18.6 Å². The van der Waals surface area contributed by atoms with Gasteiger partial charge >= 0.3 is 0 Å². The highest BCUT2D eigenvalue weighted by Crippen LogP contribution is 2.08. The molecule has 0 aromatic carbocycles. The Balaban J connectivity index is 3.83. The van der Waals surface area contributed by atoms with Crippen LogP contribution in [0.1, 0.15) is 20.3 Å². The smallest absolute Gasteiger partial charge is 0.237 e. The molecule has 1 amide bonds. The van der Waals surface area contributed by atoms with E-state index in [1.807, 2.05) is 19.9 Å². The minimum atomic E-state index is -0.818. The van der Waals surface area contributed by atoms with Gasteiger partial charge in [0.05, 0.1) is 6.07 Å². The van der Waals surface area contributed by atoms with Crippen LogP contribution in [0.4, 0.5) is 0 Å². The van der Waals surface area contributed by atoms with Crippen LogP contribution in [0.3, 0.4) is 0 Å². The zero-order valence-electron chi connectivity index (χ0n) is 9.45. The molecule has 0 fully saturated rings. The first-order valence-electron chi connectivity index (χ1n) is 4.96. The molecule has 0 bridgehead atoms. The van der Waals surface area contributed by atoms with Gasteiger partial charge in [-0.15, -0.1) is 0 Å². The number of nitrogens with one attached hydrogen (secondary N) is 1. The number of rotatable bonds is 6. The highest BCUT2D eigenvalue weighted by atomic mass is 32.2. The molecule has 0 aromatic rings. The van der Waals surface area contributed by atoms with Gasteiger partial charge in [0.15, 0.2) is 0 Å². The lowest BCUT2D eigenvalue weighted by Gasteiger charge is -2.12. The second-order valence-corrected chi connectivity index (χ2v) is 5.33. The van der Waals surface area contributed by atoms with Crippen molar-refractivity contribution in [1.82, 2.24) is 5.32 Å². The summed E-state index contributed by atoms with van der Waals surface area (Å²) in [5.41, 5.74) is 0. The van der Waals surface area contributed by atoms with Gasteiger partial charge in [0.2, 0.25) is 5.91 Å². The van der Waals surface area contributed by atoms with E-state index in [4.69, 9.17) is 5.26 Å². The summed E-state index contributed by atoms with van der Waals surface area (Å²) in [7, 11) is -0.818. The molecule has 4 nitrogen and oxygen atoms in total. The second-order valence-electron chi connectivity index (χ2n) is 3.77. The summed E-state index contributed by atoms with van der Waals surface area (Å²) < 4.78 is 10.7. The van der Waals surface area contributed by atoms with E-state index in [2.05, 4.69) is 5.32 Å². The van der Waals surface area contributed by atoms with E-state index in [1.165, 1.54) is 0 Å². The van der Waals surface area contributed by atoms with Crippen LogP contribution in [0.2, 0.25) is 0 Å². The fraction of sp³-hybridized carbons (Fsp3) is 0.800. The first-order valence-corrected chi connectivity index (χ1v) is 6.69. The molecule has 86 valence electrons. The molecule has 0 rings (SSSR count). The fourth-order valence-electron chi connectivity index (χ4n) is 1.11. The van der Waals surface area contributed by atoms with E-state index in [0.717, 1.165) is 0 Å². The number of nitrogens with zero attached hydrogens (tertiary/aromatic N) is 1. The topological polar surface area (TPSA) is 70.0 Å². The van der Waals surface area contributed by atoms with E-state index >= 15 is 0 Å². The maximum absolute atomic E-state index is 11.5. The molecule has 1 N–H and O–H groups in total. The summed E-state index contributed by atoms with van der Waals surface area (Å²) in [6.45, 7) is 4.17. The van der Waals surface area contributed by atoms with Crippen LogP contribution in [0.15, 0.2) is 0 Å². The Kier molecular flexibility index (Phi) is 6.97. The van der Waals surface area contributed by atoms with Crippen molar-refractivity contribution in [3.8, 4) is 6.07 Å². The predicted molar refractivity (Wildman–Crippen MR) is 60.5 cm³/mol. The SMILES string of the molecule is CC(C)C(C#N)C(=O)NCCCS(C)=O. The molecular weight excluding hydrogens is 212 g/mol. The summed E-state index contributed by atoms with van der Waals surface area (Å²) in [6.07, 6.45) is 2.32. The molecule has 0 heterocycles. The maximum Gasteiger partial charge on any atom is 0.237 e. The summed E-state index contributed by atoms with van der Waals surface area (Å²) in [4.78, 5) is 11.5. The largest absolute Gasteiger partial charge is 0.355 e. The quantitative estimate of drug-likeness (QED) is 0.682. The summed E-state index contributed by atoms with van der Waals surface area (Å²) >= 11 is 0. The number of hydrogen-bond acceptors (Lipinski definition) is 3. The number of carbonyl (C=O) groups is 1. The molecule has 2 unspecified atom stereocenters. The van der Waals surface area contributed by atoms with Gasteiger partial charge in [-0.25, -0.2) is 0 Å². The Hall–Kier alpha value is -0.890. The minimum Gasteiger partial charge on any atom is -0.355 e. The van der Waals surface area contributed by atoms with E-state index < -0.39 is 16.7 Å². The van der Waals surface area contributed by atoms with Crippen molar-refractivity contribution in [1.29, 1.82) is 5.26 Å². The third-order valence-corrected chi connectivity index (χ3v) is 2.86. The molecule has 5 heteroatoms. The van der Waals surface area contributed by atoms with Crippen LogP contribution in [-0.2, 0) is 15.6 Å². The standard InChI is InChI=1S/C10H18N2O2S/c1-8(2)9(7-11)10(13)12-5-4-6-15(3)14/h8-9H,4-6H2,1-3H3,(H,12,13). The van der Waals surface area contributed by atoms with Gasteiger partial charge in [-0.3, -0.25) is 9.00 Å². The van der Waals surface area contributed by atoms with E-state index in [-0.39, 0.29) is 11.8 Å². The van der Waals surface area contributed by atoms with Crippen LogP contribution >= 0.6 is 0 Å². The van der Waals surface area contributed by atoms with Gasteiger partial charge < -0.3 is 5.32 Å². The molecule has 0 aromatic heterocycles. The summed E-state index contributed by atoms with van der Waals surface area (Å²) in [5.74, 6) is -0.207. The Morgan fingerprint density at radius 1 is 1.53 bits per heavy atom. The van der Waals surface area contributed by atoms with Crippen LogP contribution in [0, 0.1) is 23.2 Å². The van der Waals surface area contributed by atoms with Crippen molar-refractivity contribution in [2.24, 2.45) is 11.8 Å². The van der Waals surface area contributed by atoms with Crippen molar-refractivity contribution in [2.45, 2.75) is 20.3 Å². The molecular formula is C10H18N2O2S. The van der Waals surface area contributed by atoms with E-state index in [0.29, 0.717) is 18.7 Å². The Morgan fingerprint density at radius 3 is 2.53 bits per heavy atom. The zero-order valence-corrected chi connectivity index (χ0v) is 10.3. The summed E-state index contributed by atoms with van der Waals surface area (Å²) in [6, 6.07) is 1.98. The number of amides is 1. The monoisotopic (exact) mass is 230 g/mol. The van der Waals surface area contributed by atoms with Crippen molar-refractivity contribution < 1.29 is 9.00 Å². The van der Waals surface area contributed by atoms with Crippen LogP contribution in [0.5, 0.6) is 0 Å². The molecule has 0 spiro atoms. The highest BCUT2D eigenvalue weighted by molar-refractivity contribution is 7.84. The normalized spacial score (nSPS) is 14.3. The maximum atomic E-state index is 11.5. The highest BCUT2D eigenvalue weighted by Gasteiger charge is 2.20. The van der Waals surface area contributed by atoms with Crippen molar-refractivity contribution >= 4 is 16.7 Å². The molecule has 0 aliphatic carbocycles.